The lowest BCUT2D eigenvalue weighted by molar-refractivity contribution is -0.159. The molecule has 0 aliphatic carbocycles. The summed E-state index contributed by atoms with van der Waals surface area (Å²) in [6.07, 6.45) is -3.08. The molecule has 0 bridgehead atoms. The largest absolute Gasteiger partial charge is 0.464 e. The van der Waals surface area contributed by atoms with Crippen molar-refractivity contribution in [2.24, 2.45) is 0 Å². The first-order valence-corrected chi connectivity index (χ1v) is 5.28. The van der Waals surface area contributed by atoms with Crippen molar-refractivity contribution < 1.29 is 28.9 Å². The van der Waals surface area contributed by atoms with Crippen molar-refractivity contribution in [2.45, 2.75) is 19.1 Å². The number of esters is 1. The van der Waals surface area contributed by atoms with Crippen molar-refractivity contribution in [1.82, 2.24) is 0 Å². The first-order valence-electron chi connectivity index (χ1n) is 5.28. The first kappa shape index (κ1) is 14.3. The molecule has 2 atom stereocenters. The average Bonchev–Trinajstić information content (AvgIpc) is 2.38. The van der Waals surface area contributed by atoms with Crippen molar-refractivity contribution in [2.75, 3.05) is 6.61 Å². The molecule has 1 aromatic carbocycles. The molecule has 18 heavy (non-hydrogen) atoms. The second kappa shape index (κ2) is 6.23. The van der Waals surface area contributed by atoms with Gasteiger partial charge in [0, 0.05) is 0 Å². The molecule has 0 aliphatic rings. The molecule has 0 amide bonds. The third-order valence-corrected chi connectivity index (χ3v) is 2.32. The predicted molar refractivity (Wildman–Crippen MR) is 59.4 cm³/mol. The SMILES string of the molecule is CCOC(=O)C(O)C(O)c1ccc(F)c(C=O)c1. The number of aliphatic hydroxyl groups is 2. The Bertz CT molecular complexity index is 446. The molecule has 1 aromatic rings. The lowest BCUT2D eigenvalue weighted by atomic mass is 10.0. The number of carbonyl (C=O) groups is 2. The molecule has 0 aromatic heterocycles. The minimum atomic E-state index is -1.78. The van der Waals surface area contributed by atoms with E-state index in [2.05, 4.69) is 4.74 Å². The molecule has 0 aliphatic heterocycles. The van der Waals surface area contributed by atoms with Gasteiger partial charge in [-0.15, -0.1) is 0 Å². The van der Waals surface area contributed by atoms with Crippen LogP contribution in [0.25, 0.3) is 0 Å². The Kier molecular flexibility index (Phi) is 4.94. The van der Waals surface area contributed by atoms with Crippen LogP contribution in [0.15, 0.2) is 18.2 Å². The van der Waals surface area contributed by atoms with Crippen LogP contribution in [0.2, 0.25) is 0 Å². The fraction of sp³-hybridized carbons (Fsp3) is 0.333. The maximum absolute atomic E-state index is 13.0. The minimum absolute atomic E-state index is 0.0547. The average molecular weight is 256 g/mol. The lowest BCUT2D eigenvalue weighted by Crippen LogP contribution is -2.30. The summed E-state index contributed by atoms with van der Waals surface area (Å²) in [7, 11) is 0. The van der Waals surface area contributed by atoms with Gasteiger partial charge in [0.15, 0.2) is 12.4 Å². The number of ether oxygens (including phenoxy) is 1. The molecular formula is C12H13FO5. The van der Waals surface area contributed by atoms with Gasteiger partial charge in [0.1, 0.15) is 11.9 Å². The summed E-state index contributed by atoms with van der Waals surface area (Å²) in [6, 6.07) is 3.21. The third kappa shape index (κ3) is 3.12. The summed E-state index contributed by atoms with van der Waals surface area (Å²) in [5.74, 6) is -1.73. The van der Waals surface area contributed by atoms with E-state index in [-0.39, 0.29) is 24.0 Å². The maximum atomic E-state index is 13.0. The molecule has 2 N–H and O–H groups in total. The van der Waals surface area contributed by atoms with Gasteiger partial charge in [0.05, 0.1) is 12.2 Å². The molecular weight excluding hydrogens is 243 g/mol. The number of hydrogen-bond donors (Lipinski definition) is 2. The van der Waals surface area contributed by atoms with Gasteiger partial charge in [0.2, 0.25) is 0 Å². The molecule has 0 radical (unpaired) electrons. The van der Waals surface area contributed by atoms with Crippen molar-refractivity contribution in [3.05, 3.63) is 35.1 Å². The highest BCUT2D eigenvalue weighted by Gasteiger charge is 2.27. The molecule has 0 saturated heterocycles. The van der Waals surface area contributed by atoms with Crippen LogP contribution in [0.5, 0.6) is 0 Å². The smallest absolute Gasteiger partial charge is 0.338 e. The minimum Gasteiger partial charge on any atom is -0.464 e. The Morgan fingerprint density at radius 1 is 1.50 bits per heavy atom. The van der Waals surface area contributed by atoms with Crippen LogP contribution in [-0.2, 0) is 9.53 Å². The molecule has 0 heterocycles. The second-order valence-electron chi connectivity index (χ2n) is 3.54. The van der Waals surface area contributed by atoms with Crippen LogP contribution < -0.4 is 0 Å². The summed E-state index contributed by atoms with van der Waals surface area (Å²) in [5, 5.41) is 19.2. The number of rotatable bonds is 5. The van der Waals surface area contributed by atoms with E-state index >= 15 is 0 Å². The molecule has 0 spiro atoms. The topological polar surface area (TPSA) is 83.8 Å². The number of hydrogen-bond acceptors (Lipinski definition) is 5. The van der Waals surface area contributed by atoms with Crippen LogP contribution in [0, 0.1) is 5.82 Å². The highest BCUT2D eigenvalue weighted by molar-refractivity contribution is 5.77. The van der Waals surface area contributed by atoms with Gasteiger partial charge < -0.3 is 14.9 Å². The summed E-state index contributed by atoms with van der Waals surface area (Å²) in [6.45, 7) is 1.62. The zero-order valence-corrected chi connectivity index (χ0v) is 9.67. The highest BCUT2D eigenvalue weighted by atomic mass is 19.1. The van der Waals surface area contributed by atoms with Gasteiger partial charge in [-0.25, -0.2) is 9.18 Å². The normalized spacial score (nSPS) is 13.8. The molecule has 0 fully saturated rings. The highest BCUT2D eigenvalue weighted by Crippen LogP contribution is 2.20. The summed E-state index contributed by atoms with van der Waals surface area (Å²) < 4.78 is 17.6. The Labute approximate surface area is 103 Å². The van der Waals surface area contributed by atoms with E-state index in [9.17, 15) is 24.2 Å². The van der Waals surface area contributed by atoms with Crippen LogP contribution in [-0.4, -0.2) is 35.2 Å². The van der Waals surface area contributed by atoms with Gasteiger partial charge >= 0.3 is 5.97 Å². The van der Waals surface area contributed by atoms with Gasteiger partial charge in [-0.1, -0.05) is 6.07 Å². The Morgan fingerprint density at radius 3 is 2.72 bits per heavy atom. The van der Waals surface area contributed by atoms with Gasteiger partial charge in [0.25, 0.3) is 0 Å². The molecule has 98 valence electrons. The molecule has 2 unspecified atom stereocenters. The van der Waals surface area contributed by atoms with E-state index in [1.165, 1.54) is 6.07 Å². The number of benzene rings is 1. The molecule has 6 heteroatoms. The van der Waals surface area contributed by atoms with E-state index in [0.717, 1.165) is 12.1 Å². The predicted octanol–water partition coefficient (Wildman–Crippen LogP) is 0.596. The third-order valence-electron chi connectivity index (χ3n) is 2.32. The fourth-order valence-corrected chi connectivity index (χ4v) is 1.38. The van der Waals surface area contributed by atoms with Crippen molar-refractivity contribution in [1.29, 1.82) is 0 Å². The quantitative estimate of drug-likeness (QED) is 0.595. The lowest BCUT2D eigenvalue weighted by Gasteiger charge is -2.17. The van der Waals surface area contributed by atoms with Gasteiger partial charge in [-0.05, 0) is 24.6 Å². The summed E-state index contributed by atoms with van der Waals surface area (Å²) in [5.41, 5.74) is -0.207. The Morgan fingerprint density at radius 2 is 2.17 bits per heavy atom. The zero-order chi connectivity index (χ0) is 13.7. The van der Waals surface area contributed by atoms with Crippen LogP contribution in [0.1, 0.15) is 28.9 Å². The first-order chi connectivity index (χ1) is 8.51. The van der Waals surface area contributed by atoms with E-state index in [1.807, 2.05) is 0 Å². The number of aldehydes is 1. The maximum Gasteiger partial charge on any atom is 0.338 e. The molecule has 0 saturated carbocycles. The number of carbonyl (C=O) groups excluding carboxylic acids is 2. The van der Waals surface area contributed by atoms with Crippen LogP contribution in [0.4, 0.5) is 4.39 Å². The van der Waals surface area contributed by atoms with E-state index in [1.54, 1.807) is 6.92 Å². The van der Waals surface area contributed by atoms with Gasteiger partial charge in [-0.2, -0.15) is 0 Å². The van der Waals surface area contributed by atoms with E-state index in [4.69, 9.17) is 0 Å². The zero-order valence-electron chi connectivity index (χ0n) is 9.67. The Hall–Kier alpha value is -1.79. The Balaban J connectivity index is 2.92. The van der Waals surface area contributed by atoms with Gasteiger partial charge in [-0.3, -0.25) is 4.79 Å². The fourth-order valence-electron chi connectivity index (χ4n) is 1.38. The standard InChI is InChI=1S/C12H13FO5/c1-2-18-12(17)11(16)10(15)7-3-4-9(13)8(5-7)6-14/h3-6,10-11,15-16H,2H2,1H3. The van der Waals surface area contributed by atoms with Crippen molar-refractivity contribution in [3.8, 4) is 0 Å². The molecule has 1 rings (SSSR count). The van der Waals surface area contributed by atoms with E-state index in [0.29, 0.717) is 0 Å². The molecule has 5 nitrogen and oxygen atoms in total. The van der Waals surface area contributed by atoms with Crippen molar-refractivity contribution in [3.63, 3.8) is 0 Å². The van der Waals surface area contributed by atoms with Crippen LogP contribution >= 0.6 is 0 Å². The summed E-state index contributed by atoms with van der Waals surface area (Å²) >= 11 is 0. The number of halogens is 1. The van der Waals surface area contributed by atoms with Crippen molar-refractivity contribution >= 4 is 12.3 Å². The number of aliphatic hydroxyl groups excluding tert-OH is 2. The van der Waals surface area contributed by atoms with Crippen LogP contribution in [0.3, 0.4) is 0 Å². The summed E-state index contributed by atoms with van der Waals surface area (Å²) in [4.78, 5) is 21.7. The monoisotopic (exact) mass is 256 g/mol. The van der Waals surface area contributed by atoms with E-state index < -0.39 is 24.0 Å². The second-order valence-corrected chi connectivity index (χ2v) is 3.54.